The van der Waals surface area contributed by atoms with Gasteiger partial charge in [0.25, 0.3) is 0 Å². The zero-order valence-corrected chi connectivity index (χ0v) is 13.1. The second-order valence-electron chi connectivity index (χ2n) is 5.56. The zero-order valence-electron chi connectivity index (χ0n) is 13.1. The Bertz CT molecular complexity index is 738. The number of nitrogens with one attached hydrogen (secondary N) is 1. The number of anilines is 1. The molecule has 1 atom stereocenters. The van der Waals surface area contributed by atoms with E-state index in [9.17, 15) is 5.11 Å². The average Bonchev–Trinajstić information content (AvgIpc) is 3.09. The highest BCUT2D eigenvalue weighted by Crippen LogP contribution is 2.20. The molecule has 5 heteroatoms. The molecule has 5 nitrogen and oxygen atoms in total. The van der Waals surface area contributed by atoms with Gasteiger partial charge < -0.3 is 10.4 Å². The Morgan fingerprint density at radius 1 is 1.13 bits per heavy atom. The van der Waals surface area contributed by atoms with Crippen molar-refractivity contribution in [3.05, 3.63) is 77.9 Å². The summed E-state index contributed by atoms with van der Waals surface area (Å²) in [7, 11) is 0. The Morgan fingerprint density at radius 2 is 1.96 bits per heavy atom. The number of benzene rings is 2. The molecule has 0 spiro atoms. The SMILES string of the molecule is CC(Nc1ccc(Cn2cncn2)cc1)c1cccc(CO)c1. The molecular formula is C18H20N4O. The smallest absolute Gasteiger partial charge is 0.137 e. The summed E-state index contributed by atoms with van der Waals surface area (Å²) in [6, 6.07) is 16.5. The van der Waals surface area contributed by atoms with Gasteiger partial charge in [-0.1, -0.05) is 36.4 Å². The quantitative estimate of drug-likeness (QED) is 0.735. The van der Waals surface area contributed by atoms with Crippen molar-refractivity contribution in [3.63, 3.8) is 0 Å². The van der Waals surface area contributed by atoms with E-state index in [2.05, 4.69) is 52.7 Å². The second-order valence-corrected chi connectivity index (χ2v) is 5.56. The van der Waals surface area contributed by atoms with E-state index in [-0.39, 0.29) is 12.6 Å². The third-order valence-electron chi connectivity index (χ3n) is 3.78. The van der Waals surface area contributed by atoms with Crippen LogP contribution >= 0.6 is 0 Å². The molecule has 1 heterocycles. The van der Waals surface area contributed by atoms with E-state index < -0.39 is 0 Å². The van der Waals surface area contributed by atoms with E-state index >= 15 is 0 Å². The van der Waals surface area contributed by atoms with Gasteiger partial charge in [-0.2, -0.15) is 5.10 Å². The standard InChI is InChI=1S/C18H20N4O/c1-14(17-4-2-3-16(9-17)11-23)21-18-7-5-15(6-8-18)10-22-13-19-12-20-22/h2-9,12-14,21,23H,10-11H2,1H3. The van der Waals surface area contributed by atoms with Crippen molar-refractivity contribution in [3.8, 4) is 0 Å². The van der Waals surface area contributed by atoms with Crippen LogP contribution in [0.25, 0.3) is 0 Å². The van der Waals surface area contributed by atoms with Crippen LogP contribution in [-0.2, 0) is 13.2 Å². The van der Waals surface area contributed by atoms with Crippen molar-refractivity contribution in [1.82, 2.24) is 14.8 Å². The molecule has 0 fully saturated rings. The van der Waals surface area contributed by atoms with Gasteiger partial charge in [-0.05, 0) is 35.7 Å². The minimum Gasteiger partial charge on any atom is -0.392 e. The molecule has 0 amide bonds. The second kappa shape index (κ2) is 7.07. The van der Waals surface area contributed by atoms with Crippen LogP contribution < -0.4 is 5.32 Å². The monoisotopic (exact) mass is 308 g/mol. The van der Waals surface area contributed by atoms with E-state index in [1.165, 1.54) is 11.9 Å². The average molecular weight is 308 g/mol. The maximum Gasteiger partial charge on any atom is 0.137 e. The van der Waals surface area contributed by atoms with E-state index in [0.717, 1.165) is 16.8 Å². The number of nitrogens with zero attached hydrogens (tertiary/aromatic N) is 3. The molecule has 3 rings (SSSR count). The predicted molar refractivity (Wildman–Crippen MR) is 90.0 cm³/mol. The van der Waals surface area contributed by atoms with E-state index in [1.54, 1.807) is 11.0 Å². The van der Waals surface area contributed by atoms with Gasteiger partial charge >= 0.3 is 0 Å². The fourth-order valence-electron chi connectivity index (χ4n) is 2.50. The first-order valence-electron chi connectivity index (χ1n) is 7.62. The van der Waals surface area contributed by atoms with Crippen molar-refractivity contribution < 1.29 is 5.11 Å². The van der Waals surface area contributed by atoms with Gasteiger partial charge in [0, 0.05) is 11.7 Å². The highest BCUT2D eigenvalue weighted by atomic mass is 16.3. The highest BCUT2D eigenvalue weighted by Gasteiger charge is 2.06. The van der Waals surface area contributed by atoms with Crippen molar-refractivity contribution >= 4 is 5.69 Å². The maximum atomic E-state index is 9.24. The summed E-state index contributed by atoms with van der Waals surface area (Å²) in [4.78, 5) is 3.94. The summed E-state index contributed by atoms with van der Waals surface area (Å²) in [6.07, 6.45) is 3.25. The fourth-order valence-corrected chi connectivity index (χ4v) is 2.50. The topological polar surface area (TPSA) is 63.0 Å². The number of aromatic nitrogens is 3. The van der Waals surface area contributed by atoms with Gasteiger partial charge in [-0.3, -0.25) is 0 Å². The summed E-state index contributed by atoms with van der Waals surface area (Å²) >= 11 is 0. The van der Waals surface area contributed by atoms with Crippen LogP contribution in [0.2, 0.25) is 0 Å². The molecule has 0 aliphatic heterocycles. The molecule has 0 radical (unpaired) electrons. The highest BCUT2D eigenvalue weighted by molar-refractivity contribution is 5.47. The lowest BCUT2D eigenvalue weighted by atomic mass is 10.0. The summed E-state index contributed by atoms with van der Waals surface area (Å²) < 4.78 is 1.80. The van der Waals surface area contributed by atoms with Crippen LogP contribution in [0.15, 0.2) is 61.2 Å². The number of aliphatic hydroxyl groups excluding tert-OH is 1. The van der Waals surface area contributed by atoms with Crippen molar-refractivity contribution in [2.24, 2.45) is 0 Å². The molecule has 0 bridgehead atoms. The molecule has 1 aromatic heterocycles. The molecular weight excluding hydrogens is 288 g/mol. The molecule has 118 valence electrons. The van der Waals surface area contributed by atoms with Gasteiger partial charge in [0.2, 0.25) is 0 Å². The lowest BCUT2D eigenvalue weighted by molar-refractivity contribution is 0.281. The van der Waals surface area contributed by atoms with Gasteiger partial charge in [0.1, 0.15) is 12.7 Å². The summed E-state index contributed by atoms with van der Waals surface area (Å²) in [5, 5.41) is 16.8. The summed E-state index contributed by atoms with van der Waals surface area (Å²) in [5.74, 6) is 0. The van der Waals surface area contributed by atoms with E-state index in [0.29, 0.717) is 6.54 Å². The first-order chi connectivity index (χ1) is 11.2. The van der Waals surface area contributed by atoms with E-state index in [1.807, 2.05) is 18.2 Å². The van der Waals surface area contributed by atoms with E-state index in [4.69, 9.17) is 0 Å². The Hall–Kier alpha value is -2.66. The normalized spacial score (nSPS) is 12.1. The minimum absolute atomic E-state index is 0.0670. The lowest BCUT2D eigenvalue weighted by Gasteiger charge is -2.17. The molecule has 3 aromatic rings. The molecule has 1 unspecified atom stereocenters. The van der Waals surface area contributed by atoms with Crippen molar-refractivity contribution in [2.45, 2.75) is 26.1 Å². The largest absolute Gasteiger partial charge is 0.392 e. The molecule has 0 aliphatic rings. The maximum absolute atomic E-state index is 9.24. The number of hydrogen-bond acceptors (Lipinski definition) is 4. The first kappa shape index (κ1) is 15.2. The third kappa shape index (κ3) is 3.96. The fraction of sp³-hybridized carbons (Fsp3) is 0.222. The molecule has 0 aliphatic carbocycles. The summed E-state index contributed by atoms with van der Waals surface area (Å²) in [5.41, 5.74) is 4.33. The number of aliphatic hydroxyl groups is 1. The lowest BCUT2D eigenvalue weighted by Crippen LogP contribution is -2.07. The number of rotatable bonds is 6. The van der Waals surface area contributed by atoms with Crippen LogP contribution in [0.1, 0.15) is 29.7 Å². The Labute approximate surface area is 135 Å². The first-order valence-corrected chi connectivity index (χ1v) is 7.62. The Morgan fingerprint density at radius 3 is 2.65 bits per heavy atom. The Balaban J connectivity index is 1.65. The van der Waals surface area contributed by atoms with Crippen LogP contribution in [0.4, 0.5) is 5.69 Å². The van der Waals surface area contributed by atoms with Gasteiger partial charge in [0.05, 0.1) is 13.2 Å². The van der Waals surface area contributed by atoms with Crippen molar-refractivity contribution in [1.29, 1.82) is 0 Å². The zero-order chi connectivity index (χ0) is 16.1. The van der Waals surface area contributed by atoms with Crippen LogP contribution in [0, 0.1) is 0 Å². The van der Waals surface area contributed by atoms with Crippen LogP contribution in [-0.4, -0.2) is 19.9 Å². The third-order valence-corrected chi connectivity index (χ3v) is 3.78. The predicted octanol–water partition coefficient (Wildman–Crippen LogP) is 2.99. The molecule has 0 saturated carbocycles. The van der Waals surface area contributed by atoms with Crippen LogP contribution in [0.3, 0.4) is 0 Å². The molecule has 23 heavy (non-hydrogen) atoms. The summed E-state index contributed by atoms with van der Waals surface area (Å²) in [6.45, 7) is 2.89. The van der Waals surface area contributed by atoms with Gasteiger partial charge in [-0.25, -0.2) is 9.67 Å². The Kier molecular flexibility index (Phi) is 4.68. The van der Waals surface area contributed by atoms with Gasteiger partial charge in [-0.15, -0.1) is 0 Å². The van der Waals surface area contributed by atoms with Crippen molar-refractivity contribution in [2.75, 3.05) is 5.32 Å². The molecule has 2 aromatic carbocycles. The van der Waals surface area contributed by atoms with Crippen LogP contribution in [0.5, 0.6) is 0 Å². The number of hydrogen-bond donors (Lipinski definition) is 2. The molecule has 2 N–H and O–H groups in total. The van der Waals surface area contributed by atoms with Gasteiger partial charge in [0.15, 0.2) is 0 Å². The minimum atomic E-state index is 0.0670. The molecule has 0 saturated heterocycles.